The second-order valence-electron chi connectivity index (χ2n) is 5.12. The van der Waals surface area contributed by atoms with E-state index in [1.807, 2.05) is 0 Å². The number of nitrogens with two attached hydrogens (primary N) is 2. The molecule has 2 aromatic heterocycles. The Hall–Kier alpha value is -2.34. The Morgan fingerprint density at radius 3 is 2.91 bits per heavy atom. The molecular formula is C12H17N7O4. The highest BCUT2D eigenvalue weighted by Crippen LogP contribution is 2.31. The molecule has 0 spiro atoms. The zero-order valence-electron chi connectivity index (χ0n) is 12.0. The van der Waals surface area contributed by atoms with E-state index in [9.17, 15) is 15.0 Å². The highest BCUT2D eigenvalue weighted by molar-refractivity contribution is 5.81. The third-order valence-corrected chi connectivity index (χ3v) is 3.73. The predicted molar refractivity (Wildman–Crippen MR) is 77.7 cm³/mol. The van der Waals surface area contributed by atoms with Gasteiger partial charge in [0.25, 0.3) is 0 Å². The van der Waals surface area contributed by atoms with Gasteiger partial charge in [0.2, 0.25) is 5.91 Å². The molecule has 0 aromatic carbocycles. The summed E-state index contributed by atoms with van der Waals surface area (Å²) in [4.78, 5) is 23.5. The average Bonchev–Trinajstić information content (AvgIpc) is 3.10. The molecule has 3 rings (SSSR count). The topological polar surface area (TPSA) is 174 Å². The lowest BCUT2D eigenvalue weighted by atomic mass is 10.1. The molecule has 0 saturated carbocycles. The number of nitrogens with zero attached hydrogens (tertiary/aromatic N) is 4. The fourth-order valence-electron chi connectivity index (χ4n) is 2.61. The Morgan fingerprint density at radius 2 is 2.22 bits per heavy atom. The van der Waals surface area contributed by atoms with Crippen LogP contribution in [0.15, 0.2) is 12.7 Å². The molecule has 11 heteroatoms. The van der Waals surface area contributed by atoms with E-state index in [4.69, 9.17) is 16.2 Å². The zero-order valence-corrected chi connectivity index (χ0v) is 12.0. The predicted octanol–water partition coefficient (Wildman–Crippen LogP) is -2.90. The fourth-order valence-corrected chi connectivity index (χ4v) is 2.61. The van der Waals surface area contributed by atoms with Gasteiger partial charge in [-0.1, -0.05) is 0 Å². The van der Waals surface area contributed by atoms with Gasteiger partial charge in [-0.2, -0.15) is 0 Å². The van der Waals surface area contributed by atoms with E-state index in [0.717, 1.165) is 0 Å². The van der Waals surface area contributed by atoms with Crippen LogP contribution in [0.2, 0.25) is 0 Å². The van der Waals surface area contributed by atoms with Crippen molar-refractivity contribution in [2.75, 3.05) is 18.9 Å². The maximum atomic E-state index is 11.5. The highest BCUT2D eigenvalue weighted by Gasteiger charge is 2.45. The molecule has 1 fully saturated rings. The quantitative estimate of drug-likeness (QED) is 0.395. The SMILES string of the molecule is NCC(=O)N[C@H]1[C@@H](O)[C@H](n2cnc3c(N)ncnc32)O[C@@H]1CO. The molecule has 23 heavy (non-hydrogen) atoms. The molecule has 0 unspecified atom stereocenters. The molecular weight excluding hydrogens is 306 g/mol. The second-order valence-corrected chi connectivity index (χ2v) is 5.12. The minimum absolute atomic E-state index is 0.202. The molecule has 4 atom stereocenters. The van der Waals surface area contributed by atoms with Gasteiger partial charge < -0.3 is 31.7 Å². The van der Waals surface area contributed by atoms with Crippen LogP contribution in [0.5, 0.6) is 0 Å². The van der Waals surface area contributed by atoms with Crippen molar-refractivity contribution >= 4 is 22.9 Å². The van der Waals surface area contributed by atoms with Gasteiger partial charge in [-0.05, 0) is 0 Å². The minimum Gasteiger partial charge on any atom is -0.394 e. The minimum atomic E-state index is -1.13. The van der Waals surface area contributed by atoms with Crippen molar-refractivity contribution < 1.29 is 19.7 Å². The molecule has 1 aliphatic rings. The number of imidazole rings is 1. The summed E-state index contributed by atoms with van der Waals surface area (Å²) in [6.07, 6.45) is -0.132. The first-order valence-corrected chi connectivity index (χ1v) is 6.93. The number of fused-ring (bicyclic) bond motifs is 1. The Labute approximate surface area is 130 Å². The van der Waals surface area contributed by atoms with Crippen molar-refractivity contribution in [3.63, 3.8) is 0 Å². The van der Waals surface area contributed by atoms with Crippen molar-refractivity contribution in [2.45, 2.75) is 24.5 Å². The van der Waals surface area contributed by atoms with E-state index in [1.54, 1.807) is 0 Å². The molecule has 7 N–H and O–H groups in total. The molecule has 0 radical (unpaired) electrons. The molecule has 2 aromatic rings. The fraction of sp³-hybridized carbons (Fsp3) is 0.500. The van der Waals surface area contributed by atoms with Crippen LogP contribution in [0.3, 0.4) is 0 Å². The molecule has 11 nitrogen and oxygen atoms in total. The third kappa shape index (κ3) is 2.59. The lowest BCUT2D eigenvalue weighted by Gasteiger charge is -2.20. The van der Waals surface area contributed by atoms with Crippen molar-refractivity contribution in [1.29, 1.82) is 0 Å². The number of hydrogen-bond acceptors (Lipinski definition) is 9. The Balaban J connectivity index is 1.93. The van der Waals surface area contributed by atoms with E-state index in [1.165, 1.54) is 17.2 Å². The number of rotatable bonds is 4. The molecule has 0 bridgehead atoms. The van der Waals surface area contributed by atoms with Crippen LogP contribution in [0.1, 0.15) is 6.23 Å². The van der Waals surface area contributed by atoms with Crippen LogP contribution in [-0.2, 0) is 9.53 Å². The number of ether oxygens (including phenoxy) is 1. The van der Waals surface area contributed by atoms with Gasteiger partial charge in [-0.3, -0.25) is 9.36 Å². The Bertz CT molecular complexity index is 720. The lowest BCUT2D eigenvalue weighted by molar-refractivity contribution is -0.121. The molecule has 1 saturated heterocycles. The van der Waals surface area contributed by atoms with E-state index in [2.05, 4.69) is 20.3 Å². The summed E-state index contributed by atoms with van der Waals surface area (Å²) >= 11 is 0. The Kier molecular flexibility index (Phi) is 4.09. The van der Waals surface area contributed by atoms with Gasteiger partial charge in [0, 0.05) is 0 Å². The lowest BCUT2D eigenvalue weighted by Crippen LogP contribution is -2.50. The smallest absolute Gasteiger partial charge is 0.234 e. The van der Waals surface area contributed by atoms with Crippen LogP contribution in [-0.4, -0.2) is 67.0 Å². The molecule has 3 heterocycles. The number of carbonyl (C=O) groups is 1. The standard InChI is InChI=1S/C12H17N7O4/c13-1-6(21)18-7-5(2-20)23-12(9(7)22)19-4-17-8-10(14)15-3-16-11(8)19/h3-5,7,9,12,20,22H,1-2,13H2,(H,18,21)(H2,14,15,16)/t5-,7-,9-,12-/m1/s1. The van der Waals surface area contributed by atoms with Gasteiger partial charge in [-0.25, -0.2) is 15.0 Å². The van der Waals surface area contributed by atoms with Crippen molar-refractivity contribution in [1.82, 2.24) is 24.8 Å². The maximum Gasteiger partial charge on any atom is 0.234 e. The number of hydrogen-bond donors (Lipinski definition) is 5. The van der Waals surface area contributed by atoms with Crippen LogP contribution < -0.4 is 16.8 Å². The largest absolute Gasteiger partial charge is 0.394 e. The van der Waals surface area contributed by atoms with Crippen molar-refractivity contribution in [3.05, 3.63) is 12.7 Å². The number of aromatic nitrogens is 4. The monoisotopic (exact) mass is 323 g/mol. The van der Waals surface area contributed by atoms with Gasteiger partial charge in [0.05, 0.1) is 25.5 Å². The van der Waals surface area contributed by atoms with Crippen LogP contribution in [0.4, 0.5) is 5.82 Å². The normalized spacial score (nSPS) is 27.4. The van der Waals surface area contributed by atoms with E-state index in [-0.39, 0.29) is 19.0 Å². The van der Waals surface area contributed by atoms with Gasteiger partial charge in [0.15, 0.2) is 17.7 Å². The summed E-state index contributed by atoms with van der Waals surface area (Å²) in [6, 6.07) is -0.808. The van der Waals surface area contributed by atoms with Gasteiger partial charge in [-0.15, -0.1) is 0 Å². The van der Waals surface area contributed by atoms with Crippen LogP contribution in [0, 0.1) is 0 Å². The molecule has 124 valence electrons. The Morgan fingerprint density at radius 1 is 1.43 bits per heavy atom. The number of nitrogen functional groups attached to an aromatic ring is 1. The molecule has 1 amide bonds. The van der Waals surface area contributed by atoms with Crippen molar-refractivity contribution in [2.24, 2.45) is 5.73 Å². The first-order valence-electron chi connectivity index (χ1n) is 6.93. The number of nitrogens with one attached hydrogen (secondary N) is 1. The first-order chi connectivity index (χ1) is 11.1. The van der Waals surface area contributed by atoms with E-state index in [0.29, 0.717) is 11.2 Å². The molecule has 1 aliphatic heterocycles. The summed E-state index contributed by atoms with van der Waals surface area (Å²) in [5.74, 6) is -0.258. The summed E-state index contributed by atoms with van der Waals surface area (Å²) in [7, 11) is 0. The average molecular weight is 323 g/mol. The van der Waals surface area contributed by atoms with Crippen molar-refractivity contribution in [3.8, 4) is 0 Å². The van der Waals surface area contributed by atoms with Crippen LogP contribution in [0.25, 0.3) is 11.2 Å². The number of aliphatic hydroxyl groups excluding tert-OH is 2. The summed E-state index contributed by atoms with van der Waals surface area (Å²) in [5, 5.41) is 22.4. The van der Waals surface area contributed by atoms with E-state index < -0.39 is 30.4 Å². The number of carbonyl (C=O) groups excluding carboxylic acids is 1. The van der Waals surface area contributed by atoms with Crippen LogP contribution >= 0.6 is 0 Å². The molecule has 0 aliphatic carbocycles. The zero-order chi connectivity index (χ0) is 16.6. The summed E-state index contributed by atoms with van der Waals surface area (Å²) in [6.45, 7) is -0.614. The first kappa shape index (κ1) is 15.6. The van der Waals surface area contributed by atoms with Gasteiger partial charge >= 0.3 is 0 Å². The highest BCUT2D eigenvalue weighted by atomic mass is 16.5. The maximum absolute atomic E-state index is 11.5. The second kappa shape index (κ2) is 6.04. The van der Waals surface area contributed by atoms with E-state index >= 15 is 0 Å². The number of aliphatic hydroxyl groups is 2. The number of amides is 1. The van der Waals surface area contributed by atoms with Gasteiger partial charge in [0.1, 0.15) is 24.1 Å². The number of anilines is 1. The summed E-state index contributed by atoms with van der Waals surface area (Å²) < 4.78 is 7.12. The third-order valence-electron chi connectivity index (χ3n) is 3.73. The summed E-state index contributed by atoms with van der Waals surface area (Å²) in [5.41, 5.74) is 11.7.